The van der Waals surface area contributed by atoms with E-state index in [0.717, 1.165) is 25.8 Å². The van der Waals surface area contributed by atoms with Gasteiger partial charge in [-0.2, -0.15) is 0 Å². The molecule has 0 bridgehead atoms. The highest BCUT2D eigenvalue weighted by Gasteiger charge is 2.40. The summed E-state index contributed by atoms with van der Waals surface area (Å²) in [4.78, 5) is 13.7. The second kappa shape index (κ2) is 4.47. The van der Waals surface area contributed by atoms with Crippen molar-refractivity contribution in [2.45, 2.75) is 31.7 Å². The van der Waals surface area contributed by atoms with Crippen molar-refractivity contribution >= 4 is 5.91 Å². The normalized spacial score (nSPS) is 25.8. The highest BCUT2D eigenvalue weighted by Crippen LogP contribution is 2.24. The van der Waals surface area contributed by atoms with Crippen LogP contribution in [-0.4, -0.2) is 36.5 Å². The minimum Gasteiger partial charge on any atom is -0.333 e. The molecular formula is C11H18N2O. The van der Waals surface area contributed by atoms with Crippen LogP contribution in [0.3, 0.4) is 0 Å². The number of terminal acetylenes is 1. The smallest absolute Gasteiger partial charge is 0.243 e. The Labute approximate surface area is 85.9 Å². The molecule has 1 saturated heterocycles. The molecule has 1 N–H and O–H groups in total. The fourth-order valence-electron chi connectivity index (χ4n) is 2.02. The molecule has 1 rings (SSSR count). The van der Waals surface area contributed by atoms with Crippen molar-refractivity contribution in [2.75, 3.05) is 20.1 Å². The van der Waals surface area contributed by atoms with Crippen molar-refractivity contribution in [1.82, 2.24) is 10.2 Å². The number of hydrogen-bond donors (Lipinski definition) is 1. The summed E-state index contributed by atoms with van der Waals surface area (Å²) in [5, 5.41) is 3.30. The molecule has 1 fully saturated rings. The van der Waals surface area contributed by atoms with Gasteiger partial charge in [0, 0.05) is 7.05 Å². The lowest BCUT2D eigenvalue weighted by Crippen LogP contribution is -2.53. The van der Waals surface area contributed by atoms with E-state index in [-0.39, 0.29) is 11.4 Å². The van der Waals surface area contributed by atoms with E-state index in [2.05, 4.69) is 11.2 Å². The molecule has 78 valence electrons. The van der Waals surface area contributed by atoms with Crippen LogP contribution in [0.2, 0.25) is 0 Å². The molecule has 1 atom stereocenters. The summed E-state index contributed by atoms with van der Waals surface area (Å²) in [6.07, 6.45) is 8.02. The highest BCUT2D eigenvalue weighted by molar-refractivity contribution is 5.86. The lowest BCUT2D eigenvalue weighted by Gasteiger charge is -2.30. The molecule has 3 heteroatoms. The Morgan fingerprint density at radius 3 is 2.86 bits per heavy atom. The van der Waals surface area contributed by atoms with Crippen molar-refractivity contribution in [2.24, 2.45) is 0 Å². The Morgan fingerprint density at radius 2 is 2.43 bits per heavy atom. The predicted molar refractivity (Wildman–Crippen MR) is 56.7 cm³/mol. The molecule has 0 aromatic carbocycles. The molecule has 14 heavy (non-hydrogen) atoms. The first kappa shape index (κ1) is 11.1. The monoisotopic (exact) mass is 194 g/mol. The maximum absolute atomic E-state index is 12.1. The van der Waals surface area contributed by atoms with Crippen LogP contribution in [0.25, 0.3) is 0 Å². The van der Waals surface area contributed by atoms with Crippen LogP contribution in [0.1, 0.15) is 26.2 Å². The van der Waals surface area contributed by atoms with Gasteiger partial charge < -0.3 is 10.2 Å². The number of carbonyl (C=O) groups is 1. The Kier molecular flexibility index (Phi) is 3.54. The first-order valence-corrected chi connectivity index (χ1v) is 5.10. The van der Waals surface area contributed by atoms with Gasteiger partial charge in [-0.25, -0.2) is 0 Å². The van der Waals surface area contributed by atoms with Crippen LogP contribution in [0.5, 0.6) is 0 Å². The van der Waals surface area contributed by atoms with Crippen molar-refractivity contribution < 1.29 is 4.79 Å². The van der Waals surface area contributed by atoms with E-state index in [9.17, 15) is 4.79 Å². The minimum absolute atomic E-state index is 0.135. The van der Waals surface area contributed by atoms with Gasteiger partial charge in [0.25, 0.3) is 0 Å². The third-order valence-corrected chi connectivity index (χ3v) is 2.93. The van der Waals surface area contributed by atoms with Gasteiger partial charge in [0.1, 0.15) is 0 Å². The molecule has 0 aromatic rings. The Balaban J connectivity index is 2.70. The molecule has 3 nitrogen and oxygen atoms in total. The average Bonchev–Trinajstić information content (AvgIpc) is 2.66. The lowest BCUT2D eigenvalue weighted by molar-refractivity contribution is -0.136. The molecule has 1 heterocycles. The number of amides is 1. The summed E-state index contributed by atoms with van der Waals surface area (Å²) in [7, 11) is 1.76. The number of hydrogen-bond acceptors (Lipinski definition) is 2. The van der Waals surface area contributed by atoms with Crippen LogP contribution >= 0.6 is 0 Å². The summed E-state index contributed by atoms with van der Waals surface area (Å²) >= 11 is 0. The van der Waals surface area contributed by atoms with E-state index in [0.29, 0.717) is 6.54 Å². The topological polar surface area (TPSA) is 32.3 Å². The largest absolute Gasteiger partial charge is 0.333 e. The lowest BCUT2D eigenvalue weighted by atomic mass is 9.92. The quantitative estimate of drug-likeness (QED) is 0.668. The maximum Gasteiger partial charge on any atom is 0.243 e. The number of nitrogens with zero attached hydrogens (tertiary/aromatic N) is 1. The van der Waals surface area contributed by atoms with Crippen LogP contribution in [0, 0.1) is 12.3 Å². The van der Waals surface area contributed by atoms with E-state index >= 15 is 0 Å². The fourth-order valence-corrected chi connectivity index (χ4v) is 2.02. The van der Waals surface area contributed by atoms with Gasteiger partial charge in [-0.15, -0.1) is 6.42 Å². The number of likely N-dealkylation sites (N-methyl/N-ethyl adjacent to an activating group) is 1. The van der Waals surface area contributed by atoms with E-state index in [1.807, 2.05) is 6.92 Å². The zero-order valence-electron chi connectivity index (χ0n) is 8.97. The Bertz CT molecular complexity index is 249. The zero-order valence-corrected chi connectivity index (χ0v) is 8.97. The van der Waals surface area contributed by atoms with Crippen molar-refractivity contribution in [3.05, 3.63) is 0 Å². The van der Waals surface area contributed by atoms with E-state index in [1.165, 1.54) is 0 Å². The van der Waals surface area contributed by atoms with Gasteiger partial charge in [0.2, 0.25) is 5.91 Å². The third kappa shape index (κ3) is 1.91. The second-order valence-corrected chi connectivity index (χ2v) is 3.83. The van der Waals surface area contributed by atoms with Crippen LogP contribution in [0.4, 0.5) is 0 Å². The molecular weight excluding hydrogens is 176 g/mol. The molecule has 0 aromatic heterocycles. The van der Waals surface area contributed by atoms with Gasteiger partial charge in [0.05, 0.1) is 12.1 Å². The van der Waals surface area contributed by atoms with Crippen LogP contribution in [0.15, 0.2) is 0 Å². The van der Waals surface area contributed by atoms with Gasteiger partial charge >= 0.3 is 0 Å². The number of carbonyl (C=O) groups excluding carboxylic acids is 1. The van der Waals surface area contributed by atoms with Crippen LogP contribution < -0.4 is 5.32 Å². The summed E-state index contributed by atoms with van der Waals surface area (Å²) in [5.74, 6) is 2.63. The van der Waals surface area contributed by atoms with Crippen LogP contribution in [-0.2, 0) is 4.79 Å². The molecule has 1 aliphatic heterocycles. The highest BCUT2D eigenvalue weighted by atomic mass is 16.2. The summed E-state index contributed by atoms with van der Waals surface area (Å²) < 4.78 is 0. The summed E-state index contributed by atoms with van der Waals surface area (Å²) in [6, 6.07) is 0. The van der Waals surface area contributed by atoms with Gasteiger partial charge in [-0.3, -0.25) is 4.79 Å². The minimum atomic E-state index is -0.342. The summed E-state index contributed by atoms with van der Waals surface area (Å²) in [6.45, 7) is 3.37. The first-order chi connectivity index (χ1) is 6.66. The third-order valence-electron chi connectivity index (χ3n) is 2.93. The van der Waals surface area contributed by atoms with Gasteiger partial charge in [-0.05, 0) is 25.8 Å². The van der Waals surface area contributed by atoms with E-state index in [4.69, 9.17) is 6.42 Å². The number of nitrogens with one attached hydrogen (secondary N) is 1. The zero-order chi connectivity index (χ0) is 10.6. The fraction of sp³-hybridized carbons (Fsp3) is 0.727. The molecule has 0 spiro atoms. The van der Waals surface area contributed by atoms with Gasteiger partial charge in [-0.1, -0.05) is 12.8 Å². The summed E-state index contributed by atoms with van der Waals surface area (Å²) in [5.41, 5.74) is -0.342. The van der Waals surface area contributed by atoms with Crippen molar-refractivity contribution in [3.63, 3.8) is 0 Å². The van der Waals surface area contributed by atoms with Gasteiger partial charge in [0.15, 0.2) is 0 Å². The molecule has 1 amide bonds. The molecule has 1 unspecified atom stereocenters. The first-order valence-electron chi connectivity index (χ1n) is 5.10. The molecule has 0 radical (unpaired) electrons. The molecule has 0 saturated carbocycles. The standard InChI is InChI=1S/C11H18N2O/c1-4-9-13(3)10(14)11(5-2)7-6-8-12-11/h1,12H,5-9H2,2-3H3. The number of rotatable bonds is 3. The van der Waals surface area contributed by atoms with Crippen molar-refractivity contribution in [3.8, 4) is 12.3 Å². The molecule has 1 aliphatic rings. The Hall–Kier alpha value is -1.01. The molecule has 0 aliphatic carbocycles. The van der Waals surface area contributed by atoms with E-state index < -0.39 is 0 Å². The second-order valence-electron chi connectivity index (χ2n) is 3.83. The SMILES string of the molecule is C#CCN(C)C(=O)C1(CC)CCCN1. The maximum atomic E-state index is 12.1. The average molecular weight is 194 g/mol. The van der Waals surface area contributed by atoms with E-state index in [1.54, 1.807) is 11.9 Å². The van der Waals surface area contributed by atoms with Crippen molar-refractivity contribution in [1.29, 1.82) is 0 Å². The predicted octanol–water partition coefficient (Wildman–Crippen LogP) is 0.610. The Morgan fingerprint density at radius 1 is 1.71 bits per heavy atom.